The summed E-state index contributed by atoms with van der Waals surface area (Å²) in [6, 6.07) is 0. The fourth-order valence-electron chi connectivity index (χ4n) is 2.20. The zero-order valence-electron chi connectivity index (χ0n) is 12.8. The summed E-state index contributed by atoms with van der Waals surface area (Å²) in [5.74, 6) is -0.0899. The van der Waals surface area contributed by atoms with Gasteiger partial charge < -0.3 is 4.74 Å². The van der Waals surface area contributed by atoms with Crippen LogP contribution in [0.4, 0.5) is 0 Å². The van der Waals surface area contributed by atoms with E-state index < -0.39 is 0 Å². The van der Waals surface area contributed by atoms with Gasteiger partial charge >= 0.3 is 5.97 Å². The van der Waals surface area contributed by atoms with E-state index in [0.717, 1.165) is 19.3 Å². The van der Waals surface area contributed by atoms with Crippen molar-refractivity contribution in [2.45, 2.75) is 89.4 Å². The molecule has 0 aliphatic carbocycles. The average molecular weight is 291 g/mol. The van der Waals surface area contributed by atoms with Gasteiger partial charge in [0.05, 0.1) is 7.11 Å². The van der Waals surface area contributed by atoms with Crippen LogP contribution in [0.5, 0.6) is 0 Å². The summed E-state index contributed by atoms with van der Waals surface area (Å²) in [5, 5.41) is 0.368. The number of unbranched alkanes of at least 4 members (excludes halogenated alkanes) is 7. The molecule has 114 valence electrons. The summed E-state index contributed by atoms with van der Waals surface area (Å²) < 4.78 is 4.61. The number of hydrogen-bond donors (Lipinski definition) is 0. The van der Waals surface area contributed by atoms with E-state index >= 15 is 0 Å². The molecule has 0 bridgehead atoms. The van der Waals surface area contributed by atoms with Crippen molar-refractivity contribution < 1.29 is 9.53 Å². The quantitative estimate of drug-likeness (QED) is 0.255. The van der Waals surface area contributed by atoms with Gasteiger partial charge in [0.1, 0.15) is 0 Å². The first kappa shape index (κ1) is 18.8. The molecule has 0 aliphatic heterocycles. The van der Waals surface area contributed by atoms with Gasteiger partial charge in [0, 0.05) is 11.8 Å². The molecule has 0 heterocycles. The minimum absolute atomic E-state index is 0.0899. The predicted molar refractivity (Wildman–Crippen MR) is 82.7 cm³/mol. The van der Waals surface area contributed by atoms with E-state index in [1.165, 1.54) is 58.5 Å². The molecule has 1 atom stereocenters. The lowest BCUT2D eigenvalue weighted by molar-refractivity contribution is -0.140. The van der Waals surface area contributed by atoms with Crippen molar-refractivity contribution >= 4 is 17.6 Å². The van der Waals surface area contributed by atoms with Crippen molar-refractivity contribution in [1.82, 2.24) is 0 Å². The van der Waals surface area contributed by atoms with E-state index in [9.17, 15) is 4.79 Å². The second kappa shape index (κ2) is 14.2. The number of rotatable bonds is 13. The second-order valence-corrected chi connectivity index (χ2v) is 5.95. The predicted octanol–water partition coefficient (Wildman–Crippen LogP) is 5.47. The molecule has 19 heavy (non-hydrogen) atoms. The summed E-state index contributed by atoms with van der Waals surface area (Å²) in [5.41, 5.74) is 0. The number of ether oxygens (including phenoxy) is 1. The topological polar surface area (TPSA) is 26.3 Å². The molecule has 0 fully saturated rings. The first-order valence-electron chi connectivity index (χ1n) is 7.91. The third-order valence-corrected chi connectivity index (χ3v) is 3.93. The molecule has 0 radical (unpaired) electrons. The van der Waals surface area contributed by atoms with Crippen LogP contribution in [-0.2, 0) is 9.53 Å². The molecule has 1 unspecified atom stereocenters. The molecule has 0 spiro atoms. The maximum absolute atomic E-state index is 10.9. The highest BCUT2D eigenvalue weighted by molar-refractivity contribution is 6.20. The number of alkyl halides is 1. The van der Waals surface area contributed by atoms with Gasteiger partial charge in [-0.2, -0.15) is 0 Å². The normalized spacial score (nSPS) is 12.4. The molecule has 0 amide bonds. The molecule has 0 rings (SSSR count). The Labute approximate surface area is 124 Å². The summed E-state index contributed by atoms with van der Waals surface area (Å²) in [4.78, 5) is 10.9. The van der Waals surface area contributed by atoms with E-state index in [-0.39, 0.29) is 5.97 Å². The Morgan fingerprint density at radius 2 is 1.47 bits per heavy atom. The standard InChI is InChI=1S/C16H31ClO2/c1-3-4-5-9-12-15(17)13-10-7-6-8-11-14-16(18)19-2/h15H,3-14H2,1-2H3. The fourth-order valence-corrected chi connectivity index (χ4v) is 2.51. The van der Waals surface area contributed by atoms with Gasteiger partial charge in [-0.1, -0.05) is 58.3 Å². The van der Waals surface area contributed by atoms with E-state index in [1.807, 2.05) is 0 Å². The number of methoxy groups -OCH3 is 1. The van der Waals surface area contributed by atoms with Crippen LogP contribution in [-0.4, -0.2) is 18.5 Å². The molecule has 0 aromatic rings. The van der Waals surface area contributed by atoms with Crippen LogP contribution in [0, 0.1) is 0 Å². The Bertz CT molecular complexity index is 207. The zero-order valence-corrected chi connectivity index (χ0v) is 13.5. The van der Waals surface area contributed by atoms with Crippen LogP contribution in [0.2, 0.25) is 0 Å². The van der Waals surface area contributed by atoms with Crippen LogP contribution in [0.1, 0.15) is 84.0 Å². The third-order valence-electron chi connectivity index (χ3n) is 3.50. The van der Waals surface area contributed by atoms with Crippen LogP contribution in [0.25, 0.3) is 0 Å². The van der Waals surface area contributed by atoms with Crippen LogP contribution >= 0.6 is 11.6 Å². The molecular formula is C16H31ClO2. The lowest BCUT2D eigenvalue weighted by Gasteiger charge is -2.08. The van der Waals surface area contributed by atoms with Gasteiger partial charge in [0.2, 0.25) is 0 Å². The molecule has 0 saturated carbocycles. The van der Waals surface area contributed by atoms with Crippen molar-refractivity contribution in [2.24, 2.45) is 0 Å². The van der Waals surface area contributed by atoms with Gasteiger partial charge in [-0.3, -0.25) is 4.79 Å². The van der Waals surface area contributed by atoms with Crippen molar-refractivity contribution in [1.29, 1.82) is 0 Å². The zero-order chi connectivity index (χ0) is 14.3. The molecular weight excluding hydrogens is 260 g/mol. The number of hydrogen-bond acceptors (Lipinski definition) is 2. The summed E-state index contributed by atoms with van der Waals surface area (Å²) in [6.45, 7) is 2.23. The highest BCUT2D eigenvalue weighted by Crippen LogP contribution is 2.17. The fraction of sp³-hybridized carbons (Fsp3) is 0.938. The second-order valence-electron chi connectivity index (χ2n) is 5.33. The highest BCUT2D eigenvalue weighted by atomic mass is 35.5. The number of carbonyl (C=O) groups is 1. The third kappa shape index (κ3) is 14.0. The molecule has 0 saturated heterocycles. The molecule has 0 N–H and O–H groups in total. The maximum atomic E-state index is 10.9. The van der Waals surface area contributed by atoms with Crippen molar-refractivity contribution in [3.63, 3.8) is 0 Å². The minimum Gasteiger partial charge on any atom is -0.469 e. The molecule has 0 aliphatic rings. The van der Waals surface area contributed by atoms with Gasteiger partial charge in [-0.15, -0.1) is 11.6 Å². The Kier molecular flexibility index (Phi) is 14.0. The Morgan fingerprint density at radius 1 is 0.947 bits per heavy atom. The van der Waals surface area contributed by atoms with E-state index in [0.29, 0.717) is 11.8 Å². The first-order valence-corrected chi connectivity index (χ1v) is 8.35. The molecule has 3 heteroatoms. The van der Waals surface area contributed by atoms with E-state index in [1.54, 1.807) is 0 Å². The summed E-state index contributed by atoms with van der Waals surface area (Å²) >= 11 is 6.30. The number of carbonyl (C=O) groups excluding carboxylic acids is 1. The SMILES string of the molecule is CCCCCCC(Cl)CCCCCCCC(=O)OC. The van der Waals surface area contributed by atoms with Crippen molar-refractivity contribution in [2.75, 3.05) is 7.11 Å². The van der Waals surface area contributed by atoms with Crippen molar-refractivity contribution in [3.05, 3.63) is 0 Å². The van der Waals surface area contributed by atoms with Crippen LogP contribution in [0.15, 0.2) is 0 Å². The lowest BCUT2D eigenvalue weighted by atomic mass is 10.0. The van der Waals surface area contributed by atoms with Crippen LogP contribution in [0.3, 0.4) is 0 Å². The maximum Gasteiger partial charge on any atom is 0.305 e. The minimum atomic E-state index is -0.0899. The van der Waals surface area contributed by atoms with Gasteiger partial charge in [0.25, 0.3) is 0 Å². The monoisotopic (exact) mass is 290 g/mol. The average Bonchev–Trinajstić information content (AvgIpc) is 2.42. The lowest BCUT2D eigenvalue weighted by Crippen LogP contribution is -2.00. The highest BCUT2D eigenvalue weighted by Gasteiger charge is 2.04. The van der Waals surface area contributed by atoms with E-state index in [2.05, 4.69) is 11.7 Å². The summed E-state index contributed by atoms with van der Waals surface area (Å²) in [6.07, 6.45) is 13.8. The first-order chi connectivity index (χ1) is 9.20. The van der Waals surface area contributed by atoms with Crippen LogP contribution < -0.4 is 0 Å². The number of halogens is 1. The summed E-state index contributed by atoms with van der Waals surface area (Å²) in [7, 11) is 1.45. The van der Waals surface area contributed by atoms with Gasteiger partial charge in [-0.25, -0.2) is 0 Å². The van der Waals surface area contributed by atoms with Gasteiger partial charge in [0.15, 0.2) is 0 Å². The van der Waals surface area contributed by atoms with Gasteiger partial charge in [-0.05, 0) is 19.3 Å². The smallest absolute Gasteiger partial charge is 0.305 e. The van der Waals surface area contributed by atoms with Crippen molar-refractivity contribution in [3.8, 4) is 0 Å². The molecule has 2 nitrogen and oxygen atoms in total. The number of esters is 1. The molecule has 0 aromatic carbocycles. The molecule has 0 aromatic heterocycles. The largest absolute Gasteiger partial charge is 0.469 e. The van der Waals surface area contributed by atoms with E-state index in [4.69, 9.17) is 11.6 Å². The Balaban J connectivity index is 3.18. The Morgan fingerprint density at radius 3 is 2.05 bits per heavy atom. The Hall–Kier alpha value is -0.240.